The summed E-state index contributed by atoms with van der Waals surface area (Å²) >= 11 is 2.01. The Balaban J connectivity index is 2.12. The van der Waals surface area contributed by atoms with E-state index < -0.39 is 0 Å². The van der Waals surface area contributed by atoms with Gasteiger partial charge in [-0.3, -0.25) is 0 Å². The van der Waals surface area contributed by atoms with E-state index in [4.69, 9.17) is 0 Å². The van der Waals surface area contributed by atoms with Crippen molar-refractivity contribution in [3.8, 4) is 0 Å². The van der Waals surface area contributed by atoms with Gasteiger partial charge < -0.3 is 9.80 Å². The molecule has 0 aliphatic carbocycles. The molecule has 1 saturated heterocycles. The standard InChI is InChI=1S/C11H14FIN2/c1-14-4-6-15(7-5-14)9-2-3-11(13)10(12)8-9/h2-3,8H,4-7H2,1H3. The van der Waals surface area contributed by atoms with Crippen molar-refractivity contribution in [2.24, 2.45) is 0 Å². The fraction of sp³-hybridized carbons (Fsp3) is 0.455. The normalized spacial score (nSPS) is 18.2. The van der Waals surface area contributed by atoms with E-state index in [2.05, 4.69) is 16.8 Å². The molecule has 0 amide bonds. The lowest BCUT2D eigenvalue weighted by Gasteiger charge is -2.34. The predicted molar refractivity (Wildman–Crippen MR) is 68.8 cm³/mol. The highest BCUT2D eigenvalue weighted by Crippen LogP contribution is 2.20. The quantitative estimate of drug-likeness (QED) is 0.732. The molecule has 15 heavy (non-hydrogen) atoms. The number of hydrogen-bond acceptors (Lipinski definition) is 2. The molecule has 1 fully saturated rings. The molecule has 1 aliphatic rings. The SMILES string of the molecule is CN1CCN(c2ccc(I)c(F)c2)CC1. The predicted octanol–water partition coefficient (Wildman–Crippen LogP) is 2.18. The summed E-state index contributed by atoms with van der Waals surface area (Å²) in [7, 11) is 2.12. The molecule has 0 radical (unpaired) electrons. The second-order valence-electron chi connectivity index (χ2n) is 3.89. The first kappa shape index (κ1) is 11.1. The van der Waals surface area contributed by atoms with Gasteiger partial charge in [0.2, 0.25) is 0 Å². The molecule has 1 aromatic rings. The third kappa shape index (κ3) is 2.60. The Labute approximate surface area is 103 Å². The van der Waals surface area contributed by atoms with Gasteiger partial charge in [0, 0.05) is 35.4 Å². The number of nitrogens with zero attached hydrogens (tertiary/aromatic N) is 2. The van der Waals surface area contributed by atoms with Crippen LogP contribution >= 0.6 is 22.6 Å². The van der Waals surface area contributed by atoms with Gasteiger partial charge in [0.25, 0.3) is 0 Å². The molecular weight excluding hydrogens is 306 g/mol. The molecule has 0 spiro atoms. The van der Waals surface area contributed by atoms with Crippen molar-refractivity contribution < 1.29 is 4.39 Å². The van der Waals surface area contributed by atoms with Gasteiger partial charge in [-0.2, -0.15) is 0 Å². The van der Waals surface area contributed by atoms with Gasteiger partial charge in [-0.05, 0) is 47.8 Å². The van der Waals surface area contributed by atoms with Crippen LogP contribution in [-0.4, -0.2) is 38.1 Å². The number of benzene rings is 1. The summed E-state index contributed by atoms with van der Waals surface area (Å²) in [5.41, 5.74) is 1.00. The smallest absolute Gasteiger partial charge is 0.138 e. The van der Waals surface area contributed by atoms with E-state index in [1.54, 1.807) is 6.07 Å². The average Bonchev–Trinajstić information content (AvgIpc) is 2.23. The first-order valence-electron chi connectivity index (χ1n) is 5.05. The van der Waals surface area contributed by atoms with Gasteiger partial charge in [0.1, 0.15) is 5.82 Å². The summed E-state index contributed by atoms with van der Waals surface area (Å²) in [6, 6.07) is 5.47. The maximum Gasteiger partial charge on any atom is 0.138 e. The fourth-order valence-corrected chi connectivity index (χ4v) is 2.08. The Morgan fingerprint density at radius 1 is 1.20 bits per heavy atom. The van der Waals surface area contributed by atoms with Crippen molar-refractivity contribution in [1.29, 1.82) is 0 Å². The van der Waals surface area contributed by atoms with E-state index >= 15 is 0 Å². The monoisotopic (exact) mass is 320 g/mol. The highest BCUT2D eigenvalue weighted by atomic mass is 127. The third-order valence-electron chi connectivity index (χ3n) is 2.77. The summed E-state index contributed by atoms with van der Waals surface area (Å²) in [4.78, 5) is 4.53. The number of hydrogen-bond donors (Lipinski definition) is 0. The van der Waals surface area contributed by atoms with Crippen LogP contribution in [0.4, 0.5) is 10.1 Å². The van der Waals surface area contributed by atoms with E-state index in [1.807, 2.05) is 34.7 Å². The van der Waals surface area contributed by atoms with Gasteiger partial charge in [0.15, 0.2) is 0 Å². The van der Waals surface area contributed by atoms with Crippen molar-refractivity contribution in [3.05, 3.63) is 27.6 Å². The zero-order chi connectivity index (χ0) is 10.8. The van der Waals surface area contributed by atoms with Crippen LogP contribution < -0.4 is 4.90 Å². The first-order valence-corrected chi connectivity index (χ1v) is 6.13. The Bertz CT molecular complexity index is 348. The maximum atomic E-state index is 13.4. The van der Waals surface area contributed by atoms with Crippen molar-refractivity contribution in [3.63, 3.8) is 0 Å². The molecule has 82 valence electrons. The highest BCUT2D eigenvalue weighted by molar-refractivity contribution is 14.1. The topological polar surface area (TPSA) is 6.48 Å². The minimum atomic E-state index is -0.118. The van der Waals surface area contributed by atoms with E-state index in [1.165, 1.54) is 0 Å². The van der Waals surface area contributed by atoms with Crippen LogP contribution in [0.3, 0.4) is 0 Å². The number of likely N-dealkylation sites (N-methyl/N-ethyl adjacent to an activating group) is 1. The molecule has 2 nitrogen and oxygen atoms in total. The van der Waals surface area contributed by atoms with E-state index in [9.17, 15) is 4.39 Å². The van der Waals surface area contributed by atoms with Gasteiger partial charge in [-0.1, -0.05) is 0 Å². The molecular formula is C11H14FIN2. The van der Waals surface area contributed by atoms with Crippen LogP contribution in [0.15, 0.2) is 18.2 Å². The van der Waals surface area contributed by atoms with Gasteiger partial charge in [-0.25, -0.2) is 4.39 Å². The van der Waals surface area contributed by atoms with Gasteiger partial charge in [0.05, 0.1) is 0 Å². The van der Waals surface area contributed by atoms with Crippen LogP contribution in [-0.2, 0) is 0 Å². The number of rotatable bonds is 1. The summed E-state index contributed by atoms with van der Waals surface area (Å²) in [5.74, 6) is -0.118. The van der Waals surface area contributed by atoms with E-state index in [-0.39, 0.29) is 5.82 Å². The van der Waals surface area contributed by atoms with E-state index in [0.29, 0.717) is 3.57 Å². The minimum Gasteiger partial charge on any atom is -0.369 e. The lowest BCUT2D eigenvalue weighted by atomic mass is 10.2. The number of piperazine rings is 1. The second kappa shape index (κ2) is 4.65. The van der Waals surface area contributed by atoms with Crippen molar-refractivity contribution in [2.75, 3.05) is 38.1 Å². The van der Waals surface area contributed by atoms with Crippen molar-refractivity contribution in [1.82, 2.24) is 4.90 Å². The molecule has 0 N–H and O–H groups in total. The molecule has 0 atom stereocenters. The Hall–Kier alpha value is -0.360. The second-order valence-corrected chi connectivity index (χ2v) is 5.05. The molecule has 4 heteroatoms. The molecule has 1 aliphatic heterocycles. The maximum absolute atomic E-state index is 13.4. The van der Waals surface area contributed by atoms with Crippen LogP contribution in [0.25, 0.3) is 0 Å². The molecule has 0 saturated carbocycles. The zero-order valence-corrected chi connectivity index (χ0v) is 10.9. The van der Waals surface area contributed by atoms with Crippen LogP contribution in [0.2, 0.25) is 0 Å². The lowest BCUT2D eigenvalue weighted by molar-refractivity contribution is 0.312. The average molecular weight is 320 g/mol. The molecule has 0 aromatic heterocycles. The summed E-state index contributed by atoms with van der Waals surface area (Å²) in [5, 5.41) is 0. The first-order chi connectivity index (χ1) is 7.16. The Morgan fingerprint density at radius 3 is 2.47 bits per heavy atom. The summed E-state index contributed by atoms with van der Waals surface area (Å²) in [6.45, 7) is 4.06. The third-order valence-corrected chi connectivity index (χ3v) is 3.65. The Kier molecular flexibility index (Phi) is 3.45. The molecule has 0 bridgehead atoms. The lowest BCUT2D eigenvalue weighted by Crippen LogP contribution is -2.44. The van der Waals surface area contributed by atoms with Crippen LogP contribution in [0, 0.1) is 9.39 Å². The van der Waals surface area contributed by atoms with Crippen LogP contribution in [0.5, 0.6) is 0 Å². The van der Waals surface area contributed by atoms with Crippen molar-refractivity contribution in [2.45, 2.75) is 0 Å². The summed E-state index contributed by atoms with van der Waals surface area (Å²) < 4.78 is 14.1. The van der Waals surface area contributed by atoms with E-state index in [0.717, 1.165) is 31.9 Å². The highest BCUT2D eigenvalue weighted by Gasteiger charge is 2.14. The molecule has 1 heterocycles. The fourth-order valence-electron chi connectivity index (χ4n) is 1.75. The minimum absolute atomic E-state index is 0.118. The molecule has 0 unspecified atom stereocenters. The van der Waals surface area contributed by atoms with Gasteiger partial charge in [-0.15, -0.1) is 0 Å². The molecule has 1 aromatic carbocycles. The zero-order valence-electron chi connectivity index (χ0n) is 8.71. The number of anilines is 1. The number of halogens is 2. The van der Waals surface area contributed by atoms with Crippen molar-refractivity contribution >= 4 is 28.3 Å². The van der Waals surface area contributed by atoms with Crippen LogP contribution in [0.1, 0.15) is 0 Å². The summed E-state index contributed by atoms with van der Waals surface area (Å²) in [6.07, 6.45) is 0. The largest absolute Gasteiger partial charge is 0.369 e. The molecule has 2 rings (SSSR count). The van der Waals surface area contributed by atoms with Gasteiger partial charge >= 0.3 is 0 Å². The Morgan fingerprint density at radius 2 is 1.87 bits per heavy atom.